The molecule has 0 aliphatic heterocycles. The van der Waals surface area contributed by atoms with E-state index < -0.39 is 21.5 Å². The lowest BCUT2D eigenvalue weighted by atomic mass is 10.0. The van der Waals surface area contributed by atoms with Gasteiger partial charge in [0.15, 0.2) is 0 Å². The molecule has 0 saturated heterocycles. The highest BCUT2D eigenvalue weighted by Crippen LogP contribution is 2.24. The van der Waals surface area contributed by atoms with Crippen LogP contribution in [0.15, 0.2) is 29.2 Å². The summed E-state index contributed by atoms with van der Waals surface area (Å²) in [4.78, 5) is 13.0. The number of rotatable bonds is 7. The van der Waals surface area contributed by atoms with Crippen LogP contribution in [0.2, 0.25) is 0 Å². The van der Waals surface area contributed by atoms with Gasteiger partial charge in [-0.25, -0.2) is 17.9 Å². The number of hydrogen-bond donors (Lipinski definition) is 2. The van der Waals surface area contributed by atoms with Crippen LogP contribution in [-0.4, -0.2) is 38.6 Å². The molecule has 0 saturated carbocycles. The highest BCUT2D eigenvalue weighted by atomic mass is 32.2. The Labute approximate surface area is 125 Å². The lowest BCUT2D eigenvalue weighted by molar-refractivity contribution is -0.142. The van der Waals surface area contributed by atoms with Gasteiger partial charge in [0, 0.05) is 19.3 Å². The number of carboxylic acid groups (broad SMARTS) is 1. The maximum atomic E-state index is 12.0. The minimum atomic E-state index is -3.50. The van der Waals surface area contributed by atoms with Crippen LogP contribution in [0.1, 0.15) is 27.2 Å². The zero-order chi connectivity index (χ0) is 16.3. The van der Waals surface area contributed by atoms with Gasteiger partial charge in [0.05, 0.1) is 4.90 Å². The van der Waals surface area contributed by atoms with Crippen molar-refractivity contribution in [3.05, 3.63) is 24.3 Å². The maximum Gasteiger partial charge on any atom is 0.328 e. The van der Waals surface area contributed by atoms with Crippen LogP contribution < -0.4 is 9.62 Å². The van der Waals surface area contributed by atoms with Crippen LogP contribution in [0.3, 0.4) is 0 Å². The van der Waals surface area contributed by atoms with Crippen molar-refractivity contribution in [1.82, 2.24) is 4.72 Å². The molecule has 21 heavy (non-hydrogen) atoms. The number of sulfonamides is 1. The van der Waals surface area contributed by atoms with Gasteiger partial charge in [-0.2, -0.15) is 0 Å². The zero-order valence-electron chi connectivity index (χ0n) is 12.8. The number of carbonyl (C=O) groups is 1. The molecule has 6 nitrogen and oxygen atoms in total. The summed E-state index contributed by atoms with van der Waals surface area (Å²) in [6, 6.07) is 6.15. The molecule has 2 N–H and O–H groups in total. The highest BCUT2D eigenvalue weighted by Gasteiger charge is 2.32. The Balaban J connectivity index is 3.01. The molecule has 0 bridgehead atoms. The fraction of sp³-hybridized carbons (Fsp3) is 0.500. The average molecular weight is 314 g/mol. The number of aliphatic carboxylic acids is 1. The van der Waals surface area contributed by atoms with E-state index in [0.29, 0.717) is 18.7 Å². The Morgan fingerprint density at radius 1 is 1.29 bits per heavy atom. The summed E-state index contributed by atoms with van der Waals surface area (Å²) >= 11 is 0. The number of likely N-dealkylation sites (N-methyl/N-ethyl adjacent to an activating group) is 1. The van der Waals surface area contributed by atoms with E-state index in [2.05, 4.69) is 4.72 Å². The molecule has 1 aromatic rings. The SMILES string of the molecule is CCCNS(=O)(=O)c1ccc(N(C)C(C)(C)C(=O)O)cc1. The minimum absolute atomic E-state index is 0.168. The quantitative estimate of drug-likeness (QED) is 0.799. The fourth-order valence-electron chi connectivity index (χ4n) is 1.63. The van der Waals surface area contributed by atoms with E-state index in [-0.39, 0.29) is 4.90 Å². The molecule has 0 unspecified atom stereocenters. The van der Waals surface area contributed by atoms with Gasteiger partial charge >= 0.3 is 5.97 Å². The van der Waals surface area contributed by atoms with Crippen LogP contribution in [0, 0.1) is 0 Å². The topological polar surface area (TPSA) is 86.7 Å². The summed E-state index contributed by atoms with van der Waals surface area (Å²) in [5.74, 6) is -0.952. The van der Waals surface area contributed by atoms with Crippen LogP contribution in [-0.2, 0) is 14.8 Å². The molecule has 1 rings (SSSR count). The van der Waals surface area contributed by atoms with Crippen LogP contribution >= 0.6 is 0 Å². The smallest absolute Gasteiger partial charge is 0.328 e. The van der Waals surface area contributed by atoms with Crippen molar-refractivity contribution in [2.75, 3.05) is 18.5 Å². The molecule has 7 heteroatoms. The average Bonchev–Trinajstić information content (AvgIpc) is 2.44. The molecule has 118 valence electrons. The molecule has 0 radical (unpaired) electrons. The molecule has 0 heterocycles. The van der Waals surface area contributed by atoms with E-state index in [1.165, 1.54) is 12.1 Å². The van der Waals surface area contributed by atoms with Gasteiger partial charge in [0.1, 0.15) is 5.54 Å². The second-order valence-electron chi connectivity index (χ2n) is 5.31. The van der Waals surface area contributed by atoms with Crippen LogP contribution in [0.5, 0.6) is 0 Å². The first-order chi connectivity index (χ1) is 9.63. The summed E-state index contributed by atoms with van der Waals surface area (Å²) in [6.07, 6.45) is 0.715. The van der Waals surface area contributed by atoms with Crippen molar-refractivity contribution in [2.24, 2.45) is 0 Å². The van der Waals surface area contributed by atoms with E-state index in [1.54, 1.807) is 37.9 Å². The Morgan fingerprint density at radius 3 is 2.24 bits per heavy atom. The number of hydrogen-bond acceptors (Lipinski definition) is 4. The standard InChI is InChI=1S/C14H22N2O4S/c1-5-10-15-21(19,20)12-8-6-11(7-9-12)16(4)14(2,3)13(17)18/h6-9,15H,5,10H2,1-4H3,(H,17,18). The fourth-order valence-corrected chi connectivity index (χ4v) is 2.77. The van der Waals surface area contributed by atoms with Crippen LogP contribution in [0.25, 0.3) is 0 Å². The third-order valence-electron chi connectivity index (χ3n) is 3.44. The summed E-state index contributed by atoms with van der Waals surface area (Å²) in [5.41, 5.74) is -0.447. The zero-order valence-corrected chi connectivity index (χ0v) is 13.6. The van der Waals surface area contributed by atoms with Gasteiger partial charge in [-0.15, -0.1) is 0 Å². The molecule has 0 amide bonds. The van der Waals surface area contributed by atoms with Crippen molar-refractivity contribution in [3.8, 4) is 0 Å². The third-order valence-corrected chi connectivity index (χ3v) is 4.92. The number of nitrogens with one attached hydrogen (secondary N) is 1. The lowest BCUT2D eigenvalue weighted by Crippen LogP contribution is -2.48. The van der Waals surface area contributed by atoms with E-state index in [9.17, 15) is 18.3 Å². The first-order valence-corrected chi connectivity index (χ1v) is 8.18. The summed E-state index contributed by atoms with van der Waals surface area (Å²) in [7, 11) is -1.84. The first kappa shape index (κ1) is 17.5. The molecular formula is C14H22N2O4S. The highest BCUT2D eigenvalue weighted by molar-refractivity contribution is 7.89. The predicted octanol–water partition coefficient (Wildman–Crippen LogP) is 1.67. The molecule has 0 aliphatic rings. The van der Waals surface area contributed by atoms with Gasteiger partial charge in [-0.1, -0.05) is 6.92 Å². The number of nitrogens with zero attached hydrogens (tertiary/aromatic N) is 1. The second-order valence-corrected chi connectivity index (χ2v) is 7.08. The van der Waals surface area contributed by atoms with Crippen molar-refractivity contribution >= 4 is 21.7 Å². The molecular weight excluding hydrogens is 292 g/mol. The monoisotopic (exact) mass is 314 g/mol. The number of carboxylic acids is 1. The summed E-state index contributed by atoms with van der Waals surface area (Å²) in [5, 5.41) is 9.21. The van der Waals surface area contributed by atoms with Crippen molar-refractivity contribution in [3.63, 3.8) is 0 Å². The molecule has 0 atom stereocenters. The largest absolute Gasteiger partial charge is 0.480 e. The maximum absolute atomic E-state index is 12.0. The normalized spacial score (nSPS) is 12.2. The Hall–Kier alpha value is -1.60. The van der Waals surface area contributed by atoms with Crippen LogP contribution in [0.4, 0.5) is 5.69 Å². The van der Waals surface area contributed by atoms with Gasteiger partial charge in [0.2, 0.25) is 10.0 Å². The van der Waals surface area contributed by atoms with Gasteiger partial charge in [-0.05, 0) is 44.5 Å². The number of benzene rings is 1. The Morgan fingerprint density at radius 2 is 1.81 bits per heavy atom. The lowest BCUT2D eigenvalue weighted by Gasteiger charge is -2.33. The molecule has 1 aromatic carbocycles. The van der Waals surface area contributed by atoms with Crippen molar-refractivity contribution < 1.29 is 18.3 Å². The van der Waals surface area contributed by atoms with Crippen molar-refractivity contribution in [2.45, 2.75) is 37.6 Å². The van der Waals surface area contributed by atoms with Crippen molar-refractivity contribution in [1.29, 1.82) is 0 Å². The molecule has 0 aromatic heterocycles. The summed E-state index contributed by atoms with van der Waals surface area (Å²) < 4.78 is 26.4. The first-order valence-electron chi connectivity index (χ1n) is 6.70. The Bertz CT molecular complexity index is 594. The molecule has 0 spiro atoms. The van der Waals surface area contributed by atoms with Gasteiger partial charge in [0.25, 0.3) is 0 Å². The number of anilines is 1. The Kier molecular flexibility index (Phi) is 5.36. The van der Waals surface area contributed by atoms with Gasteiger partial charge < -0.3 is 10.0 Å². The van der Waals surface area contributed by atoms with E-state index in [0.717, 1.165) is 0 Å². The molecule has 0 aliphatic carbocycles. The van der Waals surface area contributed by atoms with E-state index in [4.69, 9.17) is 0 Å². The predicted molar refractivity (Wildman–Crippen MR) is 82.0 cm³/mol. The van der Waals surface area contributed by atoms with E-state index >= 15 is 0 Å². The second kappa shape index (κ2) is 6.44. The summed E-state index contributed by atoms with van der Waals surface area (Å²) in [6.45, 7) is 5.44. The third kappa shape index (κ3) is 3.95. The van der Waals surface area contributed by atoms with E-state index in [1.807, 2.05) is 6.92 Å². The minimum Gasteiger partial charge on any atom is -0.480 e. The molecule has 0 fully saturated rings. The van der Waals surface area contributed by atoms with Gasteiger partial charge in [-0.3, -0.25) is 0 Å².